The van der Waals surface area contributed by atoms with Gasteiger partial charge in [0.15, 0.2) is 6.61 Å². The minimum Gasteiger partial charge on any atom is -0.452 e. The molecule has 0 atom stereocenters. The van der Waals surface area contributed by atoms with Crippen LogP contribution in [0.15, 0.2) is 23.1 Å². The molecule has 0 aromatic heterocycles. The molecule has 0 aliphatic rings. The number of urea groups is 1. The van der Waals surface area contributed by atoms with Gasteiger partial charge in [0.05, 0.1) is 10.6 Å². The van der Waals surface area contributed by atoms with E-state index >= 15 is 0 Å². The monoisotopic (exact) mass is 405 g/mol. The van der Waals surface area contributed by atoms with E-state index in [2.05, 4.69) is 10.0 Å². The van der Waals surface area contributed by atoms with Gasteiger partial charge < -0.3 is 10.1 Å². The van der Waals surface area contributed by atoms with Crippen LogP contribution in [0.3, 0.4) is 0 Å². The van der Waals surface area contributed by atoms with Crippen LogP contribution in [-0.2, 0) is 19.6 Å². The maximum atomic E-state index is 12.0. The first-order valence-electron chi connectivity index (χ1n) is 7.54. The average molecular weight is 406 g/mol. The number of nitrogens with one attached hydrogen (secondary N) is 3. The molecule has 11 heteroatoms. The van der Waals surface area contributed by atoms with Crippen molar-refractivity contribution >= 4 is 39.5 Å². The van der Waals surface area contributed by atoms with Gasteiger partial charge in [0.2, 0.25) is 10.0 Å². The van der Waals surface area contributed by atoms with Gasteiger partial charge >= 0.3 is 12.0 Å². The zero-order valence-electron chi connectivity index (χ0n) is 14.5. The molecule has 3 N–H and O–H groups in total. The predicted octanol–water partition coefficient (Wildman–Crippen LogP) is 0.887. The fourth-order valence-electron chi connectivity index (χ4n) is 1.66. The van der Waals surface area contributed by atoms with E-state index in [4.69, 9.17) is 16.3 Å². The van der Waals surface area contributed by atoms with Crippen molar-refractivity contribution in [3.63, 3.8) is 0 Å². The van der Waals surface area contributed by atoms with Crippen LogP contribution in [0, 0.1) is 5.92 Å². The number of ether oxygens (including phenoxy) is 1. The summed E-state index contributed by atoms with van der Waals surface area (Å²) in [6.07, 6.45) is 0. The van der Waals surface area contributed by atoms with Crippen LogP contribution in [0.2, 0.25) is 5.02 Å². The lowest BCUT2D eigenvalue weighted by Gasteiger charge is -2.10. The van der Waals surface area contributed by atoms with Gasteiger partial charge in [-0.15, -0.1) is 0 Å². The number of amides is 3. The molecule has 0 saturated heterocycles. The number of halogens is 1. The van der Waals surface area contributed by atoms with Crippen LogP contribution in [-0.4, -0.2) is 46.5 Å². The van der Waals surface area contributed by atoms with Crippen LogP contribution >= 0.6 is 11.6 Å². The summed E-state index contributed by atoms with van der Waals surface area (Å²) < 4.78 is 30.5. The van der Waals surface area contributed by atoms with Gasteiger partial charge in [-0.25, -0.2) is 22.7 Å². The molecule has 0 radical (unpaired) electrons. The van der Waals surface area contributed by atoms with Crippen molar-refractivity contribution in [3.05, 3.63) is 28.8 Å². The molecule has 26 heavy (non-hydrogen) atoms. The van der Waals surface area contributed by atoms with Crippen LogP contribution in [0.4, 0.5) is 4.79 Å². The molecule has 0 aliphatic carbocycles. The normalized spacial score (nSPS) is 11.1. The SMILES string of the molecule is CNS(=O)(=O)c1cc(C(=O)OCC(=O)NC(=O)NCC(C)C)ccc1Cl. The van der Waals surface area contributed by atoms with E-state index in [0.717, 1.165) is 6.07 Å². The number of rotatable bonds is 7. The largest absolute Gasteiger partial charge is 0.452 e. The molecule has 0 fully saturated rings. The van der Waals surface area contributed by atoms with Crippen LogP contribution < -0.4 is 15.4 Å². The second kappa shape index (κ2) is 9.51. The summed E-state index contributed by atoms with van der Waals surface area (Å²) in [6.45, 7) is 3.45. The molecule has 0 unspecified atom stereocenters. The Morgan fingerprint density at radius 3 is 2.46 bits per heavy atom. The fraction of sp³-hybridized carbons (Fsp3) is 0.400. The molecule has 1 aromatic rings. The Balaban J connectivity index is 2.68. The number of sulfonamides is 1. The molecule has 3 amide bonds. The fourth-order valence-corrected chi connectivity index (χ4v) is 2.91. The Morgan fingerprint density at radius 2 is 1.88 bits per heavy atom. The number of carbonyl (C=O) groups is 3. The predicted molar refractivity (Wildman–Crippen MR) is 94.4 cm³/mol. The summed E-state index contributed by atoms with van der Waals surface area (Å²) in [4.78, 5) is 34.7. The molecule has 0 saturated carbocycles. The first-order chi connectivity index (χ1) is 12.1. The molecule has 1 aromatic carbocycles. The van der Waals surface area contributed by atoms with Crippen LogP contribution in [0.1, 0.15) is 24.2 Å². The average Bonchev–Trinajstić information content (AvgIpc) is 2.58. The third kappa shape index (κ3) is 6.62. The standard InChI is InChI=1S/C15H20ClN3O6S/c1-9(2)7-18-15(22)19-13(20)8-25-14(21)10-4-5-11(16)12(6-10)26(23,24)17-3/h4-6,9,17H,7-8H2,1-3H3,(H2,18,19,20,22). The smallest absolute Gasteiger partial charge is 0.338 e. The highest BCUT2D eigenvalue weighted by Gasteiger charge is 2.20. The third-order valence-electron chi connectivity index (χ3n) is 2.98. The molecular weight excluding hydrogens is 386 g/mol. The second-order valence-corrected chi connectivity index (χ2v) is 7.84. The highest BCUT2D eigenvalue weighted by Crippen LogP contribution is 2.22. The molecule has 1 rings (SSSR count). The second-order valence-electron chi connectivity index (χ2n) is 5.58. The maximum Gasteiger partial charge on any atom is 0.338 e. The Kier molecular flexibility index (Phi) is 8.00. The van der Waals surface area contributed by atoms with Gasteiger partial charge in [0, 0.05) is 6.54 Å². The van der Waals surface area contributed by atoms with E-state index < -0.39 is 34.5 Å². The number of carbonyl (C=O) groups excluding carboxylic acids is 3. The van der Waals surface area contributed by atoms with Crippen molar-refractivity contribution in [1.29, 1.82) is 0 Å². The van der Waals surface area contributed by atoms with Gasteiger partial charge in [0.25, 0.3) is 5.91 Å². The highest BCUT2D eigenvalue weighted by molar-refractivity contribution is 7.89. The molecule has 0 spiro atoms. The molecule has 0 aliphatic heterocycles. The van der Waals surface area contributed by atoms with Gasteiger partial charge in [-0.2, -0.15) is 0 Å². The molecule has 0 bridgehead atoms. The van der Waals surface area contributed by atoms with Crippen molar-refractivity contribution < 1.29 is 27.5 Å². The minimum atomic E-state index is -3.87. The number of hydrogen-bond donors (Lipinski definition) is 3. The van der Waals surface area contributed by atoms with E-state index in [9.17, 15) is 22.8 Å². The van der Waals surface area contributed by atoms with Crippen LogP contribution in [0.25, 0.3) is 0 Å². The lowest BCUT2D eigenvalue weighted by molar-refractivity contribution is -0.123. The molecular formula is C15H20ClN3O6S. The summed E-state index contributed by atoms with van der Waals surface area (Å²) in [5.74, 6) is -1.55. The van der Waals surface area contributed by atoms with E-state index in [1.165, 1.54) is 19.2 Å². The number of imide groups is 1. The van der Waals surface area contributed by atoms with E-state index in [1.54, 1.807) is 0 Å². The number of esters is 1. The summed E-state index contributed by atoms with van der Waals surface area (Å²) in [6, 6.07) is 2.81. The lowest BCUT2D eigenvalue weighted by Crippen LogP contribution is -2.42. The first kappa shape index (κ1) is 21.9. The highest BCUT2D eigenvalue weighted by atomic mass is 35.5. The number of hydrogen-bond acceptors (Lipinski definition) is 6. The summed E-state index contributed by atoms with van der Waals surface area (Å²) in [5.41, 5.74) is -0.111. The Hall–Kier alpha value is -2.17. The topological polar surface area (TPSA) is 131 Å². The van der Waals surface area contributed by atoms with Crippen molar-refractivity contribution in [2.75, 3.05) is 20.2 Å². The molecule has 0 heterocycles. The zero-order chi connectivity index (χ0) is 19.9. The van der Waals surface area contributed by atoms with Gasteiger partial charge in [-0.05, 0) is 31.2 Å². The van der Waals surface area contributed by atoms with Crippen molar-refractivity contribution in [3.8, 4) is 0 Å². The molecule has 144 valence electrons. The number of benzene rings is 1. The first-order valence-corrected chi connectivity index (χ1v) is 9.40. The quantitative estimate of drug-likeness (QED) is 0.577. The van der Waals surface area contributed by atoms with Crippen molar-refractivity contribution in [2.24, 2.45) is 5.92 Å². The summed E-state index contributed by atoms with van der Waals surface area (Å²) in [5, 5.41) is 4.40. The van der Waals surface area contributed by atoms with Crippen LogP contribution in [0.5, 0.6) is 0 Å². The Labute approximate surface area is 156 Å². The van der Waals surface area contributed by atoms with Gasteiger partial charge in [-0.1, -0.05) is 25.4 Å². The Bertz CT molecular complexity index is 795. The van der Waals surface area contributed by atoms with Gasteiger partial charge in [-0.3, -0.25) is 10.1 Å². The molecule has 9 nitrogen and oxygen atoms in total. The Morgan fingerprint density at radius 1 is 1.23 bits per heavy atom. The summed E-state index contributed by atoms with van der Waals surface area (Å²) in [7, 11) is -2.67. The lowest BCUT2D eigenvalue weighted by atomic mass is 10.2. The maximum absolute atomic E-state index is 12.0. The zero-order valence-corrected chi connectivity index (χ0v) is 16.0. The third-order valence-corrected chi connectivity index (χ3v) is 4.88. The van der Waals surface area contributed by atoms with Crippen molar-refractivity contribution in [1.82, 2.24) is 15.4 Å². The van der Waals surface area contributed by atoms with Crippen molar-refractivity contribution in [2.45, 2.75) is 18.7 Å². The van der Waals surface area contributed by atoms with E-state index in [0.29, 0.717) is 6.54 Å². The summed E-state index contributed by atoms with van der Waals surface area (Å²) >= 11 is 5.82. The van der Waals surface area contributed by atoms with E-state index in [1.807, 2.05) is 19.2 Å². The van der Waals surface area contributed by atoms with E-state index in [-0.39, 0.29) is 21.4 Å². The minimum absolute atomic E-state index is 0.0736. The van der Waals surface area contributed by atoms with Gasteiger partial charge in [0.1, 0.15) is 4.90 Å².